The van der Waals surface area contributed by atoms with Crippen LogP contribution in [0.1, 0.15) is 63.9 Å². The van der Waals surface area contributed by atoms with Gasteiger partial charge in [-0.2, -0.15) is 0 Å². The molecule has 1 aromatic rings. The standard InChI is InChI=1S/C22H35O6Si/c1-8-26-17-11-10-15(14-16(17)19(21(2,3)4)28-29(6)7)18(23)22(20(24)25-5)12-9-13-27-22/h10-11,14,18-19,23H,8-9,12-13H2,1-7H3. The van der Waals surface area contributed by atoms with E-state index in [1.165, 1.54) is 7.11 Å². The van der Waals surface area contributed by atoms with Gasteiger partial charge in [0, 0.05) is 12.2 Å². The van der Waals surface area contributed by atoms with Crippen LogP contribution in [-0.4, -0.2) is 46.0 Å². The van der Waals surface area contributed by atoms with Gasteiger partial charge in [0.1, 0.15) is 11.9 Å². The van der Waals surface area contributed by atoms with E-state index in [0.717, 1.165) is 11.3 Å². The summed E-state index contributed by atoms with van der Waals surface area (Å²) < 4.78 is 22.9. The molecule has 0 amide bonds. The van der Waals surface area contributed by atoms with Crippen LogP contribution in [0.4, 0.5) is 0 Å². The number of hydrogen-bond acceptors (Lipinski definition) is 6. The van der Waals surface area contributed by atoms with Crippen molar-refractivity contribution in [1.29, 1.82) is 0 Å². The largest absolute Gasteiger partial charge is 0.493 e. The van der Waals surface area contributed by atoms with Crippen LogP contribution in [0.5, 0.6) is 5.75 Å². The molecular formula is C22H35O6Si. The van der Waals surface area contributed by atoms with E-state index in [0.29, 0.717) is 31.6 Å². The van der Waals surface area contributed by atoms with Gasteiger partial charge in [0.25, 0.3) is 0 Å². The van der Waals surface area contributed by atoms with Crippen molar-refractivity contribution in [2.24, 2.45) is 5.41 Å². The Labute approximate surface area is 176 Å². The topological polar surface area (TPSA) is 74.2 Å². The number of hydrogen-bond donors (Lipinski definition) is 1. The zero-order chi connectivity index (χ0) is 21.8. The Balaban J connectivity index is 2.54. The van der Waals surface area contributed by atoms with Crippen molar-refractivity contribution in [2.45, 2.75) is 71.4 Å². The fraction of sp³-hybridized carbons (Fsp3) is 0.682. The maximum Gasteiger partial charge on any atom is 0.341 e. The van der Waals surface area contributed by atoms with Crippen molar-refractivity contribution in [3.8, 4) is 5.75 Å². The molecule has 6 nitrogen and oxygen atoms in total. The highest BCUT2D eigenvalue weighted by Crippen LogP contribution is 2.44. The SMILES string of the molecule is CCOc1ccc(C(O)C2(C(=O)OC)CCCO2)cc1C(O[Si](C)C)C(C)(C)C. The highest BCUT2D eigenvalue weighted by Gasteiger charge is 2.51. The zero-order valence-corrected chi connectivity index (χ0v) is 19.7. The predicted octanol–water partition coefficient (Wildman–Crippen LogP) is 4.20. The van der Waals surface area contributed by atoms with Crippen LogP contribution >= 0.6 is 0 Å². The van der Waals surface area contributed by atoms with Gasteiger partial charge in [0.05, 0.1) is 19.8 Å². The molecule has 1 fully saturated rings. The Bertz CT molecular complexity index is 691. The first-order chi connectivity index (χ1) is 13.6. The molecule has 1 radical (unpaired) electrons. The lowest BCUT2D eigenvalue weighted by Crippen LogP contribution is -2.45. The molecule has 0 saturated carbocycles. The number of carbonyl (C=O) groups is 1. The van der Waals surface area contributed by atoms with Gasteiger partial charge < -0.3 is 23.7 Å². The molecular weight excluding hydrogens is 388 g/mol. The molecule has 0 spiro atoms. The van der Waals surface area contributed by atoms with E-state index in [1.807, 2.05) is 19.1 Å². The summed E-state index contributed by atoms with van der Waals surface area (Å²) in [6.45, 7) is 13.4. The fourth-order valence-electron chi connectivity index (χ4n) is 3.76. The average molecular weight is 424 g/mol. The third kappa shape index (κ3) is 5.20. The quantitative estimate of drug-likeness (QED) is 0.499. The summed E-state index contributed by atoms with van der Waals surface area (Å²) in [5.74, 6) is 0.181. The van der Waals surface area contributed by atoms with Crippen LogP contribution in [0.25, 0.3) is 0 Å². The maximum absolute atomic E-state index is 12.5. The molecule has 0 aliphatic carbocycles. The number of methoxy groups -OCH3 is 1. The normalized spacial score (nSPS) is 21.8. The third-order valence-corrected chi connectivity index (χ3v) is 5.80. The first-order valence-electron chi connectivity index (χ1n) is 10.2. The van der Waals surface area contributed by atoms with Gasteiger partial charge in [-0.15, -0.1) is 0 Å². The van der Waals surface area contributed by atoms with Gasteiger partial charge >= 0.3 is 5.97 Å². The second-order valence-electron chi connectivity index (χ2n) is 8.74. The first-order valence-corrected chi connectivity index (χ1v) is 12.6. The van der Waals surface area contributed by atoms with E-state index in [-0.39, 0.29) is 11.5 Å². The monoisotopic (exact) mass is 423 g/mol. The second-order valence-corrected chi connectivity index (χ2v) is 10.8. The molecule has 163 valence electrons. The molecule has 3 atom stereocenters. The van der Waals surface area contributed by atoms with Gasteiger partial charge in [0.15, 0.2) is 5.60 Å². The number of esters is 1. The van der Waals surface area contributed by atoms with Crippen molar-refractivity contribution in [1.82, 2.24) is 0 Å². The lowest BCUT2D eigenvalue weighted by atomic mass is 9.82. The number of benzene rings is 1. The van der Waals surface area contributed by atoms with E-state index in [2.05, 4.69) is 33.9 Å². The zero-order valence-electron chi connectivity index (χ0n) is 18.7. The summed E-state index contributed by atoms with van der Waals surface area (Å²) >= 11 is 0. The van der Waals surface area contributed by atoms with Crippen LogP contribution in [0.15, 0.2) is 18.2 Å². The Morgan fingerprint density at radius 3 is 2.52 bits per heavy atom. The van der Waals surface area contributed by atoms with Crippen LogP contribution in [0, 0.1) is 5.41 Å². The molecule has 2 rings (SSSR count). The Morgan fingerprint density at radius 1 is 1.34 bits per heavy atom. The minimum absolute atomic E-state index is 0.179. The number of rotatable bonds is 8. The molecule has 0 aromatic heterocycles. The lowest BCUT2D eigenvalue weighted by Gasteiger charge is -2.35. The first kappa shape index (κ1) is 23.9. The molecule has 7 heteroatoms. The number of aliphatic hydroxyl groups excluding tert-OH is 1. The highest BCUT2D eigenvalue weighted by atomic mass is 28.3. The second kappa shape index (κ2) is 9.60. The molecule has 3 unspecified atom stereocenters. The molecule has 29 heavy (non-hydrogen) atoms. The minimum atomic E-state index is -1.37. The summed E-state index contributed by atoms with van der Waals surface area (Å²) in [4.78, 5) is 12.5. The van der Waals surface area contributed by atoms with E-state index in [4.69, 9.17) is 18.6 Å². The number of aliphatic hydroxyl groups is 1. The molecule has 0 bridgehead atoms. The maximum atomic E-state index is 12.5. The number of carbonyl (C=O) groups excluding carboxylic acids is 1. The number of ether oxygens (including phenoxy) is 3. The smallest absolute Gasteiger partial charge is 0.341 e. The van der Waals surface area contributed by atoms with Crippen molar-refractivity contribution in [2.75, 3.05) is 20.3 Å². The van der Waals surface area contributed by atoms with Crippen LogP contribution < -0.4 is 4.74 Å². The van der Waals surface area contributed by atoms with Gasteiger partial charge in [-0.3, -0.25) is 0 Å². The predicted molar refractivity (Wildman–Crippen MR) is 113 cm³/mol. The molecule has 1 aliphatic heterocycles. The van der Waals surface area contributed by atoms with E-state index in [1.54, 1.807) is 6.07 Å². The molecule has 1 heterocycles. The van der Waals surface area contributed by atoms with Crippen molar-refractivity contribution >= 4 is 15.0 Å². The summed E-state index contributed by atoms with van der Waals surface area (Å²) in [6, 6.07) is 5.52. The molecule has 1 aromatic carbocycles. The van der Waals surface area contributed by atoms with Gasteiger partial charge in [0.2, 0.25) is 9.04 Å². The Morgan fingerprint density at radius 2 is 2.03 bits per heavy atom. The summed E-state index contributed by atoms with van der Waals surface area (Å²) in [5, 5.41) is 11.2. The van der Waals surface area contributed by atoms with E-state index in [9.17, 15) is 9.90 Å². The van der Waals surface area contributed by atoms with Crippen molar-refractivity contribution < 1.29 is 28.5 Å². The van der Waals surface area contributed by atoms with Gasteiger partial charge in [-0.05, 0) is 56.0 Å². The summed E-state index contributed by atoms with van der Waals surface area (Å²) in [6.07, 6.45) is -0.236. The molecule has 1 saturated heterocycles. The van der Waals surface area contributed by atoms with Gasteiger partial charge in [-0.25, -0.2) is 4.79 Å². The third-order valence-electron chi connectivity index (χ3n) is 5.10. The fourth-order valence-corrected chi connectivity index (χ4v) is 4.71. The van der Waals surface area contributed by atoms with Crippen molar-refractivity contribution in [3.63, 3.8) is 0 Å². The molecule has 1 N–H and O–H groups in total. The van der Waals surface area contributed by atoms with Crippen LogP contribution in [0.2, 0.25) is 13.1 Å². The van der Waals surface area contributed by atoms with E-state index < -0.39 is 26.7 Å². The van der Waals surface area contributed by atoms with E-state index >= 15 is 0 Å². The molecule has 1 aliphatic rings. The van der Waals surface area contributed by atoms with Gasteiger partial charge in [-0.1, -0.05) is 26.8 Å². The van der Waals surface area contributed by atoms with Crippen molar-refractivity contribution in [3.05, 3.63) is 29.3 Å². The van der Waals surface area contributed by atoms with Crippen LogP contribution in [0.3, 0.4) is 0 Å². The Kier molecular flexibility index (Phi) is 7.90. The highest BCUT2D eigenvalue weighted by molar-refractivity contribution is 6.48. The lowest BCUT2D eigenvalue weighted by molar-refractivity contribution is -0.178. The van der Waals surface area contributed by atoms with Crippen LogP contribution in [-0.2, 0) is 18.7 Å². The Hall–Kier alpha value is -1.41. The average Bonchev–Trinajstić information content (AvgIpc) is 3.15. The summed E-state index contributed by atoms with van der Waals surface area (Å²) in [7, 11) is 0.329. The summed E-state index contributed by atoms with van der Waals surface area (Å²) in [5.41, 5.74) is -0.0853. The minimum Gasteiger partial charge on any atom is -0.493 e.